The van der Waals surface area contributed by atoms with Crippen molar-refractivity contribution in [3.05, 3.63) is 41.7 Å². The van der Waals surface area contributed by atoms with Crippen molar-refractivity contribution in [2.24, 2.45) is 0 Å². The van der Waals surface area contributed by atoms with Crippen molar-refractivity contribution >= 4 is 19.9 Å². The Balaban J connectivity index is 2.92. The average Bonchev–Trinajstić information content (AvgIpc) is 2.42. The van der Waals surface area contributed by atoms with Crippen molar-refractivity contribution in [2.75, 3.05) is 0 Å². The van der Waals surface area contributed by atoms with Gasteiger partial charge in [-0.1, -0.05) is 32.1 Å². The van der Waals surface area contributed by atoms with Gasteiger partial charge in [0.2, 0.25) is 0 Å². The smallest absolute Gasteiger partial charge is 0.303 e. The van der Waals surface area contributed by atoms with Crippen LogP contribution in [0, 0.1) is 5.82 Å². The summed E-state index contributed by atoms with van der Waals surface area (Å²) in [5.41, 5.74) is 1.92. The molecule has 0 aromatic heterocycles. The predicted octanol–water partition coefficient (Wildman–Crippen LogP) is 4.83. The molecule has 0 fully saturated rings. The fourth-order valence-corrected chi connectivity index (χ4v) is 2.89. The molecular weight excluding hydrogens is 311 g/mol. The van der Waals surface area contributed by atoms with Crippen LogP contribution in [0.1, 0.15) is 45.1 Å². The molecule has 0 bridgehead atoms. The minimum absolute atomic E-state index is 0.0777. The van der Waals surface area contributed by atoms with Gasteiger partial charge in [0.1, 0.15) is 5.82 Å². The lowest BCUT2D eigenvalue weighted by atomic mass is 9.95. The molecule has 23 heavy (non-hydrogen) atoms. The van der Waals surface area contributed by atoms with E-state index in [1.165, 1.54) is 12.1 Å². The second kappa shape index (κ2) is 7.88. The van der Waals surface area contributed by atoms with Gasteiger partial charge in [-0.2, -0.15) is 0 Å². The molecule has 0 aliphatic rings. The van der Waals surface area contributed by atoms with Gasteiger partial charge in [0.15, 0.2) is 8.32 Å². The topological polar surface area (TPSA) is 57.5 Å². The van der Waals surface area contributed by atoms with Gasteiger partial charge in [-0.15, -0.1) is 0 Å². The first-order chi connectivity index (χ1) is 10.5. The molecule has 0 unspecified atom stereocenters. The lowest BCUT2D eigenvalue weighted by molar-refractivity contribution is -0.136. The second-order valence-corrected chi connectivity index (χ2v) is 11.6. The third-order valence-corrected chi connectivity index (χ3v) is 8.20. The SMILES string of the molecule is CC(C)(CC/C(=C/CCC(=O)O)c1ccc(F)cc1)[Si](C)(C)O. The highest BCUT2D eigenvalue weighted by atomic mass is 28.4. The quantitative estimate of drug-likeness (QED) is 0.667. The third-order valence-electron chi connectivity index (χ3n) is 4.64. The van der Waals surface area contributed by atoms with E-state index >= 15 is 0 Å². The molecular formula is C18H27FO3Si. The van der Waals surface area contributed by atoms with Crippen LogP contribution >= 0.6 is 0 Å². The zero-order valence-corrected chi connectivity index (χ0v) is 15.4. The molecule has 0 saturated heterocycles. The van der Waals surface area contributed by atoms with Gasteiger partial charge < -0.3 is 9.90 Å². The van der Waals surface area contributed by atoms with Crippen molar-refractivity contribution in [1.82, 2.24) is 0 Å². The minimum atomic E-state index is -2.29. The van der Waals surface area contributed by atoms with Crippen LogP contribution < -0.4 is 0 Å². The first kappa shape index (κ1) is 19.6. The standard InChI is InChI=1S/C18H27FO3Si/c1-18(2,23(3,4)22)13-12-14(6-5-7-17(20)21)15-8-10-16(19)11-9-15/h6,8-11,22H,5,7,12-13H2,1-4H3,(H,20,21)/b14-6-. The molecule has 0 aliphatic heterocycles. The normalized spacial score (nSPS) is 13.2. The van der Waals surface area contributed by atoms with Crippen LogP contribution in [0.2, 0.25) is 18.1 Å². The number of allylic oxidation sites excluding steroid dienone is 2. The maximum absolute atomic E-state index is 13.1. The molecule has 0 spiro atoms. The number of rotatable bonds is 8. The number of carbonyl (C=O) groups is 1. The summed E-state index contributed by atoms with van der Waals surface area (Å²) in [5.74, 6) is -1.12. The Bertz CT molecular complexity index is 557. The van der Waals surface area contributed by atoms with Crippen LogP contribution in [0.4, 0.5) is 4.39 Å². The summed E-state index contributed by atoms with van der Waals surface area (Å²) >= 11 is 0. The van der Waals surface area contributed by atoms with E-state index in [9.17, 15) is 14.0 Å². The number of benzene rings is 1. The van der Waals surface area contributed by atoms with E-state index in [1.807, 2.05) is 19.2 Å². The zero-order chi connectivity index (χ0) is 17.7. The van der Waals surface area contributed by atoms with Gasteiger partial charge in [0.05, 0.1) is 0 Å². The predicted molar refractivity (Wildman–Crippen MR) is 94.2 cm³/mol. The van der Waals surface area contributed by atoms with Gasteiger partial charge >= 0.3 is 5.97 Å². The van der Waals surface area contributed by atoms with Crippen LogP contribution in [-0.2, 0) is 4.79 Å². The number of hydrogen-bond donors (Lipinski definition) is 2. The summed E-state index contributed by atoms with van der Waals surface area (Å²) in [7, 11) is -2.29. The maximum Gasteiger partial charge on any atom is 0.303 e. The van der Waals surface area contributed by atoms with E-state index in [1.54, 1.807) is 12.1 Å². The molecule has 0 heterocycles. The van der Waals surface area contributed by atoms with E-state index in [0.29, 0.717) is 6.42 Å². The summed E-state index contributed by atoms with van der Waals surface area (Å²) in [4.78, 5) is 21.1. The molecule has 0 atom stereocenters. The lowest BCUT2D eigenvalue weighted by Crippen LogP contribution is -2.38. The molecule has 128 valence electrons. The lowest BCUT2D eigenvalue weighted by Gasteiger charge is -2.35. The van der Waals surface area contributed by atoms with Gasteiger partial charge in [-0.25, -0.2) is 4.39 Å². The number of aliphatic carboxylic acids is 1. The van der Waals surface area contributed by atoms with Crippen molar-refractivity contribution in [1.29, 1.82) is 0 Å². The Morgan fingerprint density at radius 1 is 1.22 bits per heavy atom. The molecule has 0 aliphatic carbocycles. The molecule has 1 aromatic carbocycles. The Morgan fingerprint density at radius 3 is 2.26 bits per heavy atom. The summed E-state index contributed by atoms with van der Waals surface area (Å²) in [6, 6.07) is 6.26. The highest BCUT2D eigenvalue weighted by Gasteiger charge is 2.37. The molecule has 1 rings (SSSR count). The van der Waals surface area contributed by atoms with Crippen LogP contribution in [0.5, 0.6) is 0 Å². The maximum atomic E-state index is 13.1. The van der Waals surface area contributed by atoms with Crippen molar-refractivity contribution in [2.45, 2.75) is 57.7 Å². The van der Waals surface area contributed by atoms with E-state index in [4.69, 9.17) is 5.11 Å². The summed E-state index contributed by atoms with van der Waals surface area (Å²) in [6.07, 6.45) is 3.98. The van der Waals surface area contributed by atoms with E-state index in [0.717, 1.165) is 24.0 Å². The number of halogens is 1. The third kappa shape index (κ3) is 6.27. The van der Waals surface area contributed by atoms with Crippen LogP contribution in [0.3, 0.4) is 0 Å². The Hall–Kier alpha value is -1.46. The fraction of sp³-hybridized carbons (Fsp3) is 0.500. The molecule has 0 amide bonds. The van der Waals surface area contributed by atoms with Crippen LogP contribution in [0.25, 0.3) is 5.57 Å². The largest absolute Gasteiger partial charge is 0.481 e. The number of hydrogen-bond acceptors (Lipinski definition) is 2. The van der Waals surface area contributed by atoms with E-state index in [2.05, 4.69) is 13.8 Å². The first-order valence-electron chi connectivity index (χ1n) is 7.92. The van der Waals surface area contributed by atoms with Crippen LogP contribution in [-0.4, -0.2) is 24.2 Å². The van der Waals surface area contributed by atoms with Gasteiger partial charge in [0, 0.05) is 6.42 Å². The van der Waals surface area contributed by atoms with Gasteiger partial charge in [-0.3, -0.25) is 4.79 Å². The first-order valence-corrected chi connectivity index (χ1v) is 10.9. The van der Waals surface area contributed by atoms with Gasteiger partial charge in [-0.05, 0) is 60.7 Å². The summed E-state index contributed by atoms with van der Waals surface area (Å²) < 4.78 is 13.1. The van der Waals surface area contributed by atoms with E-state index in [-0.39, 0.29) is 17.3 Å². The van der Waals surface area contributed by atoms with E-state index < -0.39 is 14.3 Å². The van der Waals surface area contributed by atoms with Gasteiger partial charge in [0.25, 0.3) is 0 Å². The highest BCUT2D eigenvalue weighted by molar-refractivity contribution is 6.72. The number of carboxylic acid groups (broad SMARTS) is 1. The highest BCUT2D eigenvalue weighted by Crippen LogP contribution is 2.41. The van der Waals surface area contributed by atoms with Crippen molar-refractivity contribution < 1.29 is 19.1 Å². The molecule has 1 aromatic rings. The van der Waals surface area contributed by atoms with Crippen molar-refractivity contribution in [3.63, 3.8) is 0 Å². The molecule has 5 heteroatoms. The Morgan fingerprint density at radius 2 is 1.78 bits per heavy atom. The Labute approximate surface area is 139 Å². The summed E-state index contributed by atoms with van der Waals surface area (Å²) in [5, 5.41) is 8.64. The summed E-state index contributed by atoms with van der Waals surface area (Å²) in [6.45, 7) is 7.99. The second-order valence-electron chi connectivity index (χ2n) is 7.11. The molecule has 2 N–H and O–H groups in total. The molecule has 0 saturated carbocycles. The minimum Gasteiger partial charge on any atom is -0.481 e. The molecule has 0 radical (unpaired) electrons. The monoisotopic (exact) mass is 338 g/mol. The Kier molecular flexibility index (Phi) is 6.71. The average molecular weight is 338 g/mol. The zero-order valence-electron chi connectivity index (χ0n) is 14.4. The fourth-order valence-electron chi connectivity index (χ4n) is 2.15. The molecule has 3 nitrogen and oxygen atoms in total. The number of carboxylic acids is 1. The van der Waals surface area contributed by atoms with Crippen molar-refractivity contribution in [3.8, 4) is 0 Å². The van der Waals surface area contributed by atoms with Crippen LogP contribution in [0.15, 0.2) is 30.3 Å².